The van der Waals surface area contributed by atoms with E-state index in [0.29, 0.717) is 5.02 Å². The van der Waals surface area contributed by atoms with Gasteiger partial charge < -0.3 is 5.48 Å². The molecule has 0 unspecified atom stereocenters. The molecule has 50 valence electrons. The Morgan fingerprint density at radius 1 is 1.33 bits per heavy atom. The maximum Gasteiger partial charge on any atom is 0.124 e. The zero-order valence-corrected chi connectivity index (χ0v) is 5.32. The average molecular weight is 149 g/mol. The van der Waals surface area contributed by atoms with Crippen LogP contribution in [0, 0.1) is 5.82 Å². The standard InChI is InChI=1S/C6H4ClF.H2O/c7-5-2-1-3-6(8)4-5;/h1-4H;1H2. The molecule has 0 aliphatic rings. The van der Waals surface area contributed by atoms with Crippen LogP contribution >= 0.6 is 11.6 Å². The highest BCUT2D eigenvalue weighted by atomic mass is 35.5. The lowest BCUT2D eigenvalue weighted by Crippen LogP contribution is -1.68. The van der Waals surface area contributed by atoms with Gasteiger partial charge >= 0.3 is 0 Å². The molecule has 0 radical (unpaired) electrons. The molecule has 0 aliphatic heterocycles. The molecule has 1 aromatic carbocycles. The summed E-state index contributed by atoms with van der Waals surface area (Å²) in [5.74, 6) is -0.294. The minimum absolute atomic E-state index is 0. The van der Waals surface area contributed by atoms with Crippen molar-refractivity contribution in [3.05, 3.63) is 35.1 Å². The first-order valence-corrected chi connectivity index (χ1v) is 2.58. The van der Waals surface area contributed by atoms with E-state index in [1.54, 1.807) is 12.1 Å². The van der Waals surface area contributed by atoms with Gasteiger partial charge in [0.05, 0.1) is 0 Å². The SMILES string of the molecule is Fc1cccc(Cl)c1.O. The van der Waals surface area contributed by atoms with E-state index in [-0.39, 0.29) is 11.3 Å². The van der Waals surface area contributed by atoms with Crippen molar-refractivity contribution in [2.45, 2.75) is 0 Å². The van der Waals surface area contributed by atoms with Crippen molar-refractivity contribution in [1.82, 2.24) is 0 Å². The third-order valence-corrected chi connectivity index (χ3v) is 1.02. The highest BCUT2D eigenvalue weighted by molar-refractivity contribution is 6.30. The van der Waals surface area contributed by atoms with Gasteiger partial charge in [0.1, 0.15) is 5.82 Å². The summed E-state index contributed by atoms with van der Waals surface area (Å²) < 4.78 is 12.1. The molecule has 1 aromatic rings. The average Bonchev–Trinajstić information content (AvgIpc) is 1.64. The first-order valence-electron chi connectivity index (χ1n) is 2.20. The highest BCUT2D eigenvalue weighted by Crippen LogP contribution is 2.07. The molecule has 0 aliphatic carbocycles. The summed E-state index contributed by atoms with van der Waals surface area (Å²) in [6.45, 7) is 0. The Hall–Kier alpha value is -0.600. The lowest BCUT2D eigenvalue weighted by atomic mass is 10.4. The molecule has 1 rings (SSSR count). The molecule has 0 saturated carbocycles. The van der Waals surface area contributed by atoms with Crippen LogP contribution < -0.4 is 0 Å². The van der Waals surface area contributed by atoms with E-state index in [1.807, 2.05) is 0 Å². The van der Waals surface area contributed by atoms with E-state index in [2.05, 4.69) is 0 Å². The third kappa shape index (κ3) is 2.44. The molecule has 0 atom stereocenters. The van der Waals surface area contributed by atoms with Gasteiger partial charge in [0.25, 0.3) is 0 Å². The van der Waals surface area contributed by atoms with Crippen LogP contribution in [0.2, 0.25) is 5.02 Å². The second-order valence-electron chi connectivity index (χ2n) is 1.44. The Morgan fingerprint density at radius 2 is 2.00 bits per heavy atom. The summed E-state index contributed by atoms with van der Waals surface area (Å²) in [6.07, 6.45) is 0. The number of rotatable bonds is 0. The maximum absolute atomic E-state index is 12.1. The summed E-state index contributed by atoms with van der Waals surface area (Å²) in [5, 5.41) is 0.435. The van der Waals surface area contributed by atoms with Crippen LogP contribution in [-0.4, -0.2) is 5.48 Å². The molecule has 0 spiro atoms. The molecule has 2 N–H and O–H groups in total. The highest BCUT2D eigenvalue weighted by Gasteiger charge is 1.86. The molecular weight excluding hydrogens is 143 g/mol. The number of benzene rings is 1. The summed E-state index contributed by atoms with van der Waals surface area (Å²) in [4.78, 5) is 0. The number of hydrogen-bond acceptors (Lipinski definition) is 0. The maximum atomic E-state index is 12.1. The minimum atomic E-state index is -0.294. The zero-order valence-electron chi connectivity index (χ0n) is 4.57. The van der Waals surface area contributed by atoms with Crippen molar-refractivity contribution in [2.75, 3.05) is 0 Å². The second kappa shape index (κ2) is 3.43. The monoisotopic (exact) mass is 148 g/mol. The Balaban J connectivity index is 0.000000640. The molecule has 0 heterocycles. The molecule has 0 fully saturated rings. The van der Waals surface area contributed by atoms with Gasteiger partial charge in [-0.2, -0.15) is 0 Å². The first-order chi connectivity index (χ1) is 3.79. The molecule has 1 nitrogen and oxygen atoms in total. The molecule has 9 heavy (non-hydrogen) atoms. The first kappa shape index (κ1) is 8.40. The predicted molar refractivity (Wildman–Crippen MR) is 35.0 cm³/mol. The van der Waals surface area contributed by atoms with E-state index in [4.69, 9.17) is 11.6 Å². The summed E-state index contributed by atoms with van der Waals surface area (Å²) in [7, 11) is 0. The minimum Gasteiger partial charge on any atom is -0.412 e. The Bertz CT molecular complexity index is 173. The molecule has 3 heteroatoms. The van der Waals surface area contributed by atoms with E-state index in [1.165, 1.54) is 12.1 Å². The van der Waals surface area contributed by atoms with Crippen LogP contribution in [0.25, 0.3) is 0 Å². The molecular formula is C6H6ClFO. The Morgan fingerprint density at radius 3 is 2.33 bits per heavy atom. The summed E-state index contributed by atoms with van der Waals surface area (Å²) in [6, 6.07) is 5.82. The van der Waals surface area contributed by atoms with Gasteiger partial charge in [-0.1, -0.05) is 17.7 Å². The zero-order chi connectivity index (χ0) is 5.98. The van der Waals surface area contributed by atoms with Crippen LogP contribution in [0.3, 0.4) is 0 Å². The smallest absolute Gasteiger partial charge is 0.124 e. The largest absolute Gasteiger partial charge is 0.412 e. The quantitative estimate of drug-likeness (QED) is 0.536. The fourth-order valence-electron chi connectivity index (χ4n) is 0.460. The lowest BCUT2D eigenvalue weighted by Gasteiger charge is -1.85. The van der Waals surface area contributed by atoms with Gasteiger partial charge in [0, 0.05) is 5.02 Å². The summed E-state index contributed by atoms with van der Waals surface area (Å²) >= 11 is 5.40. The van der Waals surface area contributed by atoms with Gasteiger partial charge in [-0.05, 0) is 18.2 Å². The van der Waals surface area contributed by atoms with E-state index in [0.717, 1.165) is 0 Å². The van der Waals surface area contributed by atoms with Gasteiger partial charge in [0.15, 0.2) is 0 Å². The van der Waals surface area contributed by atoms with Gasteiger partial charge in [-0.3, -0.25) is 0 Å². The number of hydrogen-bond donors (Lipinski definition) is 0. The van der Waals surface area contributed by atoms with Crippen molar-refractivity contribution >= 4 is 11.6 Å². The van der Waals surface area contributed by atoms with Crippen molar-refractivity contribution in [2.24, 2.45) is 0 Å². The third-order valence-electron chi connectivity index (χ3n) is 0.787. The van der Waals surface area contributed by atoms with Crippen molar-refractivity contribution in [3.63, 3.8) is 0 Å². The van der Waals surface area contributed by atoms with Gasteiger partial charge in [-0.15, -0.1) is 0 Å². The normalized spacial score (nSPS) is 8.22. The second-order valence-corrected chi connectivity index (χ2v) is 1.88. The van der Waals surface area contributed by atoms with Crippen LogP contribution in [0.1, 0.15) is 0 Å². The molecule has 0 saturated heterocycles. The van der Waals surface area contributed by atoms with Crippen molar-refractivity contribution in [3.8, 4) is 0 Å². The van der Waals surface area contributed by atoms with Crippen LogP contribution in [0.5, 0.6) is 0 Å². The topological polar surface area (TPSA) is 31.5 Å². The van der Waals surface area contributed by atoms with Crippen LogP contribution in [0.4, 0.5) is 4.39 Å². The van der Waals surface area contributed by atoms with Crippen molar-refractivity contribution in [1.29, 1.82) is 0 Å². The molecule has 0 amide bonds. The Labute approximate surface area is 57.4 Å². The predicted octanol–water partition coefficient (Wildman–Crippen LogP) is 1.65. The van der Waals surface area contributed by atoms with E-state index < -0.39 is 0 Å². The Kier molecular flexibility index (Phi) is 3.20. The lowest BCUT2D eigenvalue weighted by molar-refractivity contribution is 0.628. The van der Waals surface area contributed by atoms with Crippen LogP contribution in [-0.2, 0) is 0 Å². The van der Waals surface area contributed by atoms with Gasteiger partial charge in [-0.25, -0.2) is 4.39 Å². The fraction of sp³-hybridized carbons (Fsp3) is 0. The van der Waals surface area contributed by atoms with E-state index in [9.17, 15) is 4.39 Å². The molecule has 0 bridgehead atoms. The fourth-order valence-corrected chi connectivity index (χ4v) is 0.637. The van der Waals surface area contributed by atoms with E-state index >= 15 is 0 Å². The van der Waals surface area contributed by atoms with Gasteiger partial charge in [0.2, 0.25) is 0 Å². The summed E-state index contributed by atoms with van der Waals surface area (Å²) in [5.41, 5.74) is 0. The molecule has 0 aromatic heterocycles. The van der Waals surface area contributed by atoms with Crippen LogP contribution in [0.15, 0.2) is 24.3 Å². The van der Waals surface area contributed by atoms with Crippen molar-refractivity contribution < 1.29 is 9.87 Å². The number of halogens is 2.